The third-order valence-electron chi connectivity index (χ3n) is 4.79. The van der Waals surface area contributed by atoms with Crippen molar-refractivity contribution in [2.24, 2.45) is 0 Å². The molecule has 0 unspecified atom stereocenters. The summed E-state index contributed by atoms with van der Waals surface area (Å²) in [6.45, 7) is 4.05. The molecule has 3 N–H and O–H groups in total. The first-order chi connectivity index (χ1) is 13.5. The molecule has 2 heterocycles. The molecule has 0 bridgehead atoms. The summed E-state index contributed by atoms with van der Waals surface area (Å²) in [4.78, 5) is 17.5. The molecule has 0 aliphatic carbocycles. The predicted octanol–water partition coefficient (Wildman–Crippen LogP) is 4.99. The van der Waals surface area contributed by atoms with Crippen molar-refractivity contribution < 1.29 is 4.79 Å². The molecule has 0 saturated carbocycles. The van der Waals surface area contributed by atoms with Gasteiger partial charge in [-0.25, -0.2) is 0 Å². The largest absolute Gasteiger partial charge is 0.382 e. The average molecular weight is 405 g/mol. The van der Waals surface area contributed by atoms with Crippen LogP contribution in [0.15, 0.2) is 67.0 Å². The average Bonchev–Trinajstić information content (AvgIpc) is 3.09. The van der Waals surface area contributed by atoms with Crippen molar-refractivity contribution >= 4 is 24.0 Å². The lowest BCUT2D eigenvalue weighted by atomic mass is 9.95. The second-order valence-electron chi connectivity index (χ2n) is 6.83. The van der Waals surface area contributed by atoms with Crippen LogP contribution in [0.2, 0.25) is 0 Å². The molecule has 2 aromatic heterocycles. The highest BCUT2D eigenvalue weighted by molar-refractivity contribution is 6.15. The van der Waals surface area contributed by atoms with Gasteiger partial charge in [0.05, 0.1) is 11.3 Å². The Morgan fingerprint density at radius 1 is 1.00 bits per heavy atom. The van der Waals surface area contributed by atoms with Crippen molar-refractivity contribution in [3.63, 3.8) is 0 Å². The number of anilines is 1. The fraction of sp³-hybridized carbons (Fsp3) is 0.0870. The number of H-pyrrole nitrogens is 1. The minimum absolute atomic E-state index is 0. The van der Waals surface area contributed by atoms with Crippen molar-refractivity contribution in [2.45, 2.75) is 13.8 Å². The quantitative estimate of drug-likeness (QED) is 0.469. The fourth-order valence-corrected chi connectivity index (χ4v) is 3.39. The zero-order valence-corrected chi connectivity index (χ0v) is 17.0. The number of pyridine rings is 1. The van der Waals surface area contributed by atoms with Crippen LogP contribution in [-0.4, -0.2) is 21.0 Å². The van der Waals surface area contributed by atoms with E-state index in [0.717, 1.165) is 27.8 Å². The molecule has 0 radical (unpaired) electrons. The van der Waals surface area contributed by atoms with E-state index in [1.807, 2.05) is 56.3 Å². The van der Waals surface area contributed by atoms with E-state index in [1.165, 1.54) is 0 Å². The third kappa shape index (κ3) is 3.91. The Bertz CT molecular complexity index is 1170. The Morgan fingerprint density at radius 2 is 1.79 bits per heavy atom. The number of aromatic amines is 1. The number of nitrogens with two attached hydrogens (primary N) is 1. The van der Waals surface area contributed by atoms with Crippen LogP contribution in [0.25, 0.3) is 22.4 Å². The molecule has 0 spiro atoms. The van der Waals surface area contributed by atoms with E-state index in [0.29, 0.717) is 16.8 Å². The molecule has 6 heteroatoms. The molecular weight excluding hydrogens is 384 g/mol. The molecule has 5 nitrogen and oxygen atoms in total. The van der Waals surface area contributed by atoms with Crippen molar-refractivity contribution in [3.8, 4) is 22.4 Å². The van der Waals surface area contributed by atoms with Gasteiger partial charge in [-0.3, -0.25) is 14.9 Å². The molecule has 0 saturated heterocycles. The maximum atomic E-state index is 13.3. The highest BCUT2D eigenvalue weighted by Gasteiger charge is 2.22. The van der Waals surface area contributed by atoms with Gasteiger partial charge in [0.2, 0.25) is 0 Å². The molecule has 0 atom stereocenters. The van der Waals surface area contributed by atoms with E-state index in [1.54, 1.807) is 18.5 Å². The maximum absolute atomic E-state index is 13.3. The Hall–Kier alpha value is -3.44. The van der Waals surface area contributed by atoms with Crippen molar-refractivity contribution in [1.82, 2.24) is 15.2 Å². The number of carbonyl (C=O) groups excluding carboxylic acids is 1. The van der Waals surface area contributed by atoms with Gasteiger partial charge in [0.25, 0.3) is 0 Å². The first-order valence-electron chi connectivity index (χ1n) is 9.01. The van der Waals surface area contributed by atoms with E-state index >= 15 is 0 Å². The molecular formula is C23H21ClN4O. The normalized spacial score (nSPS) is 10.4. The topological polar surface area (TPSA) is 84.7 Å². The molecule has 2 aromatic carbocycles. The van der Waals surface area contributed by atoms with Crippen LogP contribution in [0.3, 0.4) is 0 Å². The van der Waals surface area contributed by atoms with Gasteiger partial charge in [0.1, 0.15) is 0 Å². The maximum Gasteiger partial charge on any atom is 0.199 e. The molecule has 0 aliphatic heterocycles. The number of nitrogens with one attached hydrogen (secondary N) is 1. The molecule has 29 heavy (non-hydrogen) atoms. The minimum Gasteiger partial charge on any atom is -0.382 e. The number of halogens is 1. The zero-order valence-electron chi connectivity index (χ0n) is 16.1. The number of aryl methyl sites for hydroxylation is 2. The molecule has 0 aliphatic rings. The van der Waals surface area contributed by atoms with Gasteiger partial charge < -0.3 is 5.73 Å². The van der Waals surface area contributed by atoms with Crippen LogP contribution in [0.1, 0.15) is 27.0 Å². The Kier molecular flexibility index (Phi) is 5.80. The smallest absolute Gasteiger partial charge is 0.199 e. The van der Waals surface area contributed by atoms with Gasteiger partial charge in [-0.05, 0) is 37.1 Å². The summed E-state index contributed by atoms with van der Waals surface area (Å²) < 4.78 is 0. The first-order valence-corrected chi connectivity index (χ1v) is 9.01. The predicted molar refractivity (Wildman–Crippen MR) is 118 cm³/mol. The third-order valence-corrected chi connectivity index (χ3v) is 4.79. The van der Waals surface area contributed by atoms with Gasteiger partial charge in [0, 0.05) is 29.1 Å². The summed E-state index contributed by atoms with van der Waals surface area (Å²) in [5.74, 6) is 0.0405. The van der Waals surface area contributed by atoms with Crippen molar-refractivity contribution in [2.75, 3.05) is 5.73 Å². The van der Waals surface area contributed by atoms with E-state index in [4.69, 9.17) is 5.73 Å². The second kappa shape index (κ2) is 8.29. The summed E-state index contributed by atoms with van der Waals surface area (Å²) in [5, 5.41) is 7.05. The summed E-state index contributed by atoms with van der Waals surface area (Å²) in [6, 6.07) is 17.4. The Morgan fingerprint density at radius 3 is 2.52 bits per heavy atom. The Balaban J connectivity index is 0.00000240. The van der Waals surface area contributed by atoms with Gasteiger partial charge in [-0.2, -0.15) is 5.10 Å². The minimum atomic E-state index is -0.160. The lowest BCUT2D eigenvalue weighted by Gasteiger charge is -2.09. The lowest BCUT2D eigenvalue weighted by Crippen LogP contribution is -2.06. The highest BCUT2D eigenvalue weighted by Crippen LogP contribution is 2.31. The Labute approximate surface area is 175 Å². The second-order valence-corrected chi connectivity index (χ2v) is 6.83. The highest BCUT2D eigenvalue weighted by atomic mass is 35.5. The molecule has 4 aromatic rings. The number of rotatable bonds is 4. The number of nitrogen functional groups attached to an aromatic ring is 1. The molecule has 0 amide bonds. The van der Waals surface area contributed by atoms with Crippen molar-refractivity contribution in [1.29, 1.82) is 0 Å². The number of ketones is 1. The van der Waals surface area contributed by atoms with E-state index in [-0.39, 0.29) is 24.0 Å². The number of carbonyl (C=O) groups is 1. The standard InChI is InChI=1S/C23H20N4O.ClH/c1-14-8-9-19(15(2)11-14)21-20(23(24)27-26-21)22(28)17-6-3-5-16(12-17)18-7-4-10-25-13-18;/h3-13H,1-2H3,(H3,24,26,27);1H. The summed E-state index contributed by atoms with van der Waals surface area (Å²) in [6.07, 6.45) is 3.50. The summed E-state index contributed by atoms with van der Waals surface area (Å²) in [5.41, 5.74) is 12.7. The van der Waals surface area contributed by atoms with E-state index in [2.05, 4.69) is 21.2 Å². The van der Waals surface area contributed by atoms with Crippen LogP contribution < -0.4 is 5.73 Å². The number of benzene rings is 2. The monoisotopic (exact) mass is 404 g/mol. The molecule has 0 fully saturated rings. The summed E-state index contributed by atoms with van der Waals surface area (Å²) >= 11 is 0. The molecule has 4 rings (SSSR count). The number of aromatic nitrogens is 3. The fourth-order valence-electron chi connectivity index (χ4n) is 3.39. The van der Waals surface area contributed by atoms with Crippen LogP contribution >= 0.6 is 12.4 Å². The summed E-state index contributed by atoms with van der Waals surface area (Å²) in [7, 11) is 0. The number of nitrogens with zero attached hydrogens (tertiary/aromatic N) is 2. The first kappa shape index (κ1) is 20.3. The van der Waals surface area contributed by atoms with E-state index in [9.17, 15) is 4.79 Å². The SMILES string of the molecule is Cc1ccc(-c2[nH]nc(N)c2C(=O)c2cccc(-c3cccnc3)c2)c(C)c1.Cl. The van der Waals surface area contributed by atoms with Gasteiger partial charge in [-0.1, -0.05) is 48.0 Å². The zero-order chi connectivity index (χ0) is 19.7. The van der Waals surface area contributed by atoms with Crippen LogP contribution in [0, 0.1) is 13.8 Å². The van der Waals surface area contributed by atoms with Gasteiger partial charge in [0.15, 0.2) is 11.6 Å². The van der Waals surface area contributed by atoms with Gasteiger partial charge >= 0.3 is 0 Å². The lowest BCUT2D eigenvalue weighted by molar-refractivity contribution is 0.104. The van der Waals surface area contributed by atoms with E-state index < -0.39 is 0 Å². The van der Waals surface area contributed by atoms with Crippen LogP contribution in [0.5, 0.6) is 0 Å². The number of hydrogen-bond acceptors (Lipinski definition) is 4. The molecule has 146 valence electrons. The van der Waals surface area contributed by atoms with Gasteiger partial charge in [-0.15, -0.1) is 12.4 Å². The van der Waals surface area contributed by atoms with Crippen LogP contribution in [0.4, 0.5) is 5.82 Å². The van der Waals surface area contributed by atoms with Crippen molar-refractivity contribution in [3.05, 3.63) is 89.2 Å². The van der Waals surface area contributed by atoms with Crippen LogP contribution in [-0.2, 0) is 0 Å². The number of hydrogen-bond donors (Lipinski definition) is 2.